The lowest BCUT2D eigenvalue weighted by Gasteiger charge is -2.25. The molecule has 10 heteroatoms. The van der Waals surface area contributed by atoms with Gasteiger partial charge in [0.15, 0.2) is 16.3 Å². The number of esters is 1. The van der Waals surface area contributed by atoms with Gasteiger partial charge in [0.1, 0.15) is 0 Å². The molecule has 1 aliphatic heterocycles. The summed E-state index contributed by atoms with van der Waals surface area (Å²) in [7, 11) is 4.59. The van der Waals surface area contributed by atoms with Crippen molar-refractivity contribution < 1.29 is 23.7 Å². The third-order valence-electron chi connectivity index (χ3n) is 6.54. The zero-order valence-electron chi connectivity index (χ0n) is 22.8. The molecule has 0 saturated carbocycles. The zero-order valence-corrected chi connectivity index (χ0v) is 24.4. The van der Waals surface area contributed by atoms with E-state index in [0.29, 0.717) is 48.4 Å². The molecular formula is C31H27ClN2O6S. The normalized spacial score (nSPS) is 14.8. The molecule has 210 valence electrons. The van der Waals surface area contributed by atoms with Gasteiger partial charge in [-0.1, -0.05) is 65.4 Å². The van der Waals surface area contributed by atoms with Crippen LogP contribution in [0.15, 0.2) is 82.1 Å². The van der Waals surface area contributed by atoms with E-state index in [1.807, 2.05) is 30.3 Å². The summed E-state index contributed by atoms with van der Waals surface area (Å²) in [6, 6.07) is 19.2. The number of halogens is 1. The van der Waals surface area contributed by atoms with Gasteiger partial charge in [0.05, 0.1) is 49.8 Å². The van der Waals surface area contributed by atoms with Crippen molar-refractivity contribution in [3.63, 3.8) is 0 Å². The van der Waals surface area contributed by atoms with Gasteiger partial charge in [-0.2, -0.15) is 0 Å². The Balaban J connectivity index is 1.81. The average Bonchev–Trinajstić information content (AvgIpc) is 3.30. The van der Waals surface area contributed by atoms with Gasteiger partial charge in [0, 0.05) is 10.6 Å². The third kappa shape index (κ3) is 5.38. The highest BCUT2D eigenvalue weighted by Crippen LogP contribution is 2.39. The summed E-state index contributed by atoms with van der Waals surface area (Å²) in [6.07, 6.45) is 1.74. The zero-order chi connectivity index (χ0) is 29.1. The molecule has 5 rings (SSSR count). The molecule has 41 heavy (non-hydrogen) atoms. The van der Waals surface area contributed by atoms with Gasteiger partial charge in [-0.25, -0.2) is 9.79 Å². The van der Waals surface area contributed by atoms with Crippen LogP contribution in [0.4, 0.5) is 0 Å². The van der Waals surface area contributed by atoms with E-state index in [2.05, 4.69) is 0 Å². The third-order valence-corrected chi connectivity index (χ3v) is 7.78. The van der Waals surface area contributed by atoms with Gasteiger partial charge in [0.25, 0.3) is 5.56 Å². The molecule has 3 aromatic carbocycles. The Hall–Kier alpha value is -4.34. The van der Waals surface area contributed by atoms with E-state index in [-0.39, 0.29) is 17.7 Å². The van der Waals surface area contributed by atoms with Crippen LogP contribution < -0.4 is 29.1 Å². The molecule has 1 aliphatic rings. The fourth-order valence-electron chi connectivity index (χ4n) is 4.74. The van der Waals surface area contributed by atoms with Crippen LogP contribution in [0, 0.1) is 0 Å². The lowest BCUT2D eigenvalue weighted by atomic mass is 9.93. The number of hydrogen-bond acceptors (Lipinski definition) is 8. The molecule has 0 aliphatic carbocycles. The number of nitrogens with zero attached hydrogens (tertiary/aromatic N) is 2. The quantitative estimate of drug-likeness (QED) is 0.278. The summed E-state index contributed by atoms with van der Waals surface area (Å²) in [5.41, 5.74) is 2.51. The average molecular weight is 591 g/mol. The molecular weight excluding hydrogens is 564 g/mol. The summed E-state index contributed by atoms with van der Waals surface area (Å²) in [5, 5.41) is 0.536. The van der Waals surface area contributed by atoms with Crippen molar-refractivity contribution in [1.29, 1.82) is 0 Å². The molecule has 0 radical (unpaired) electrons. The van der Waals surface area contributed by atoms with Crippen LogP contribution in [0.25, 0.3) is 11.8 Å². The Labute approximate surface area is 245 Å². The monoisotopic (exact) mass is 590 g/mol. The fraction of sp³-hybridized carbons (Fsp3) is 0.194. The Morgan fingerprint density at radius 1 is 1.00 bits per heavy atom. The molecule has 0 N–H and O–H groups in total. The minimum atomic E-state index is -0.792. The van der Waals surface area contributed by atoms with Crippen molar-refractivity contribution in [3.05, 3.63) is 114 Å². The highest BCUT2D eigenvalue weighted by Gasteiger charge is 2.35. The second-order valence-corrected chi connectivity index (χ2v) is 10.4. The number of hydrogen-bond donors (Lipinski definition) is 0. The number of benzene rings is 3. The van der Waals surface area contributed by atoms with E-state index in [0.717, 1.165) is 5.56 Å². The van der Waals surface area contributed by atoms with Crippen LogP contribution >= 0.6 is 22.9 Å². The first-order valence-corrected chi connectivity index (χ1v) is 13.9. The van der Waals surface area contributed by atoms with Gasteiger partial charge in [-0.05, 0) is 48.4 Å². The summed E-state index contributed by atoms with van der Waals surface area (Å²) in [5.74, 6) is 0.818. The number of carbonyl (C=O) groups is 1. The van der Waals surface area contributed by atoms with Crippen LogP contribution in [-0.2, 0) is 9.53 Å². The van der Waals surface area contributed by atoms with E-state index >= 15 is 0 Å². The lowest BCUT2D eigenvalue weighted by Crippen LogP contribution is -2.40. The Bertz CT molecular complexity index is 1790. The maximum atomic E-state index is 14.1. The molecule has 0 unspecified atom stereocenters. The van der Waals surface area contributed by atoms with E-state index in [9.17, 15) is 9.59 Å². The Morgan fingerprint density at radius 3 is 2.24 bits per heavy atom. The van der Waals surface area contributed by atoms with Crippen molar-refractivity contribution in [2.45, 2.75) is 13.0 Å². The van der Waals surface area contributed by atoms with Crippen LogP contribution in [0.1, 0.15) is 29.7 Å². The molecule has 4 aromatic rings. The van der Waals surface area contributed by atoms with Gasteiger partial charge < -0.3 is 18.9 Å². The van der Waals surface area contributed by atoms with Crippen molar-refractivity contribution in [2.75, 3.05) is 27.9 Å². The van der Waals surface area contributed by atoms with Crippen molar-refractivity contribution >= 4 is 40.7 Å². The van der Waals surface area contributed by atoms with Crippen molar-refractivity contribution in [2.24, 2.45) is 4.99 Å². The highest BCUT2D eigenvalue weighted by molar-refractivity contribution is 7.07. The number of carbonyl (C=O) groups excluding carboxylic acids is 1. The maximum absolute atomic E-state index is 14.1. The number of thiazole rings is 1. The molecule has 1 atom stereocenters. The molecule has 0 saturated heterocycles. The van der Waals surface area contributed by atoms with Crippen LogP contribution in [0.5, 0.6) is 17.2 Å². The minimum Gasteiger partial charge on any atom is -0.493 e. The Kier molecular flexibility index (Phi) is 8.28. The number of rotatable bonds is 8. The fourth-order valence-corrected chi connectivity index (χ4v) is 5.86. The molecule has 0 fully saturated rings. The van der Waals surface area contributed by atoms with Gasteiger partial charge in [-0.3, -0.25) is 9.36 Å². The second-order valence-electron chi connectivity index (χ2n) is 8.94. The Morgan fingerprint density at radius 2 is 1.66 bits per heavy atom. The van der Waals surface area contributed by atoms with Crippen LogP contribution in [0.3, 0.4) is 0 Å². The molecule has 0 bridgehead atoms. The largest absolute Gasteiger partial charge is 0.493 e. The first kappa shape index (κ1) is 28.2. The molecule has 2 heterocycles. The topological polar surface area (TPSA) is 88.4 Å². The smallest absolute Gasteiger partial charge is 0.338 e. The minimum absolute atomic E-state index is 0.170. The number of aromatic nitrogens is 1. The predicted molar refractivity (Wildman–Crippen MR) is 159 cm³/mol. The summed E-state index contributed by atoms with van der Waals surface area (Å²) in [6.45, 7) is 1.91. The first-order valence-electron chi connectivity index (χ1n) is 12.7. The second kappa shape index (κ2) is 12.0. The highest BCUT2D eigenvalue weighted by atomic mass is 35.5. The van der Waals surface area contributed by atoms with E-state index < -0.39 is 12.0 Å². The van der Waals surface area contributed by atoms with Crippen LogP contribution in [0.2, 0.25) is 5.02 Å². The van der Waals surface area contributed by atoms with E-state index in [1.54, 1.807) is 49.4 Å². The summed E-state index contributed by atoms with van der Waals surface area (Å²) < 4.78 is 23.9. The van der Waals surface area contributed by atoms with E-state index in [4.69, 9.17) is 35.5 Å². The first-order chi connectivity index (χ1) is 19.9. The van der Waals surface area contributed by atoms with Gasteiger partial charge >= 0.3 is 5.97 Å². The molecule has 0 spiro atoms. The van der Waals surface area contributed by atoms with Crippen LogP contribution in [-0.4, -0.2) is 38.5 Å². The van der Waals surface area contributed by atoms with Gasteiger partial charge in [-0.15, -0.1) is 0 Å². The number of fused-ring (bicyclic) bond motifs is 1. The lowest BCUT2D eigenvalue weighted by molar-refractivity contribution is -0.138. The van der Waals surface area contributed by atoms with Crippen molar-refractivity contribution in [1.82, 2.24) is 4.57 Å². The number of methoxy groups -OCH3 is 3. The number of ether oxygens (including phenoxy) is 4. The van der Waals surface area contributed by atoms with E-state index in [1.165, 1.54) is 37.2 Å². The standard InChI is InChI=1S/C31H27ClN2O6S/c1-5-40-30(36)25-26(19-9-7-6-8-10-19)33-31-34(27(25)20-11-13-21(32)14-12-20)29(35)24(41-31)17-18-15-22(37-2)28(39-4)23(16-18)38-3/h6-17,27H,5H2,1-4H3/b24-17-/t27-/m0/s1. The SMILES string of the molecule is CCOC(=O)C1=C(c2ccccc2)N=c2s/c(=C\c3cc(OC)c(OC)c(OC)c3)c(=O)n2[C@H]1c1ccc(Cl)cc1. The summed E-state index contributed by atoms with van der Waals surface area (Å²) in [4.78, 5) is 32.9. The van der Waals surface area contributed by atoms with Gasteiger partial charge in [0.2, 0.25) is 5.75 Å². The van der Waals surface area contributed by atoms with Crippen molar-refractivity contribution in [3.8, 4) is 17.2 Å². The maximum Gasteiger partial charge on any atom is 0.338 e. The predicted octanol–water partition coefficient (Wildman–Crippen LogP) is 4.61. The summed E-state index contributed by atoms with van der Waals surface area (Å²) >= 11 is 7.42. The molecule has 8 nitrogen and oxygen atoms in total. The molecule has 0 amide bonds. The molecule has 1 aromatic heterocycles.